The minimum Gasteiger partial charge on any atom is -0.505 e. The first-order valence-electron chi connectivity index (χ1n) is 4.44. The average Bonchev–Trinajstić information content (AvgIpc) is 2.22. The number of nitrogens with two attached hydrogens (primary N) is 1. The lowest BCUT2D eigenvalue weighted by atomic mass is 10.1. The summed E-state index contributed by atoms with van der Waals surface area (Å²) in [4.78, 5) is 25.0. The van der Waals surface area contributed by atoms with Crippen molar-refractivity contribution in [3.8, 4) is 5.75 Å². The first-order chi connectivity index (χ1) is 7.93. The van der Waals surface area contributed by atoms with Crippen molar-refractivity contribution in [2.75, 3.05) is 0 Å². The van der Waals surface area contributed by atoms with Gasteiger partial charge in [-0.25, -0.2) is 15.0 Å². The van der Waals surface area contributed by atoms with Gasteiger partial charge in [-0.05, 0) is 6.92 Å². The second kappa shape index (κ2) is 4.92. The minimum absolute atomic E-state index is 0.0503. The molecule has 0 aliphatic heterocycles. The number of aryl methyl sites for hydroxylation is 1. The molecule has 0 radical (unpaired) electrons. The minimum atomic E-state index is -1.33. The van der Waals surface area contributed by atoms with Crippen LogP contribution in [-0.4, -0.2) is 33.4 Å². The van der Waals surface area contributed by atoms with Gasteiger partial charge in [0.1, 0.15) is 5.56 Å². The number of primary amides is 1. The van der Waals surface area contributed by atoms with Crippen LogP contribution in [0.3, 0.4) is 0 Å². The summed E-state index contributed by atoms with van der Waals surface area (Å²) in [5.41, 5.74) is 6.56. The number of hydrazone groups is 1. The van der Waals surface area contributed by atoms with Gasteiger partial charge in [0, 0.05) is 11.8 Å². The van der Waals surface area contributed by atoms with E-state index in [0.717, 1.165) is 6.21 Å². The van der Waals surface area contributed by atoms with Crippen LogP contribution >= 0.6 is 0 Å². The summed E-state index contributed by atoms with van der Waals surface area (Å²) in [6.07, 6.45) is 2.24. The zero-order valence-electron chi connectivity index (χ0n) is 8.84. The summed E-state index contributed by atoms with van der Waals surface area (Å²) in [5, 5.41) is 21.8. The Kier molecular flexibility index (Phi) is 3.60. The molecule has 1 heterocycles. The van der Waals surface area contributed by atoms with Crippen LogP contribution in [0.25, 0.3) is 0 Å². The van der Waals surface area contributed by atoms with Gasteiger partial charge in [0.25, 0.3) is 0 Å². The Hall–Kier alpha value is -2.64. The molecule has 5 N–H and O–H groups in total. The highest BCUT2D eigenvalue weighted by Gasteiger charge is 2.17. The quantitative estimate of drug-likeness (QED) is 0.426. The van der Waals surface area contributed by atoms with Crippen molar-refractivity contribution >= 4 is 18.2 Å². The van der Waals surface area contributed by atoms with Crippen molar-refractivity contribution < 1.29 is 19.8 Å². The van der Waals surface area contributed by atoms with E-state index in [-0.39, 0.29) is 16.8 Å². The maximum absolute atomic E-state index is 10.9. The number of aromatic nitrogens is 1. The monoisotopic (exact) mass is 238 g/mol. The number of rotatable bonds is 3. The lowest BCUT2D eigenvalue weighted by molar-refractivity contribution is 0.0693. The number of carboxylic acids is 1. The van der Waals surface area contributed by atoms with Crippen LogP contribution in [0.1, 0.15) is 21.6 Å². The number of urea groups is 1. The van der Waals surface area contributed by atoms with E-state index in [1.165, 1.54) is 13.1 Å². The maximum atomic E-state index is 10.9. The van der Waals surface area contributed by atoms with Crippen LogP contribution in [0.2, 0.25) is 0 Å². The summed E-state index contributed by atoms with van der Waals surface area (Å²) >= 11 is 0. The molecule has 1 aromatic rings. The molecule has 0 fully saturated rings. The fraction of sp³-hybridized carbons (Fsp3) is 0.111. The van der Waals surface area contributed by atoms with E-state index in [2.05, 4.69) is 10.1 Å². The summed E-state index contributed by atoms with van der Waals surface area (Å²) in [6, 6.07) is -0.887. The molecule has 0 unspecified atom stereocenters. The zero-order chi connectivity index (χ0) is 13.0. The van der Waals surface area contributed by atoms with Gasteiger partial charge in [-0.15, -0.1) is 0 Å². The lowest BCUT2D eigenvalue weighted by Crippen LogP contribution is -2.24. The Labute approximate surface area is 95.8 Å². The molecule has 0 aromatic carbocycles. The molecule has 8 heteroatoms. The summed E-state index contributed by atoms with van der Waals surface area (Å²) in [6.45, 7) is 1.46. The average molecular weight is 238 g/mol. The van der Waals surface area contributed by atoms with Gasteiger partial charge in [0.05, 0.1) is 11.9 Å². The highest BCUT2D eigenvalue weighted by Crippen LogP contribution is 2.22. The number of amides is 2. The van der Waals surface area contributed by atoms with Crippen molar-refractivity contribution in [2.24, 2.45) is 10.8 Å². The summed E-state index contributed by atoms with van der Waals surface area (Å²) in [5.74, 6) is -1.77. The van der Waals surface area contributed by atoms with Crippen LogP contribution in [0, 0.1) is 6.92 Å². The Morgan fingerprint density at radius 2 is 2.24 bits per heavy atom. The molecule has 8 nitrogen and oxygen atoms in total. The van der Waals surface area contributed by atoms with Gasteiger partial charge in [-0.3, -0.25) is 4.98 Å². The molecular formula is C9H10N4O4. The molecule has 1 aromatic heterocycles. The maximum Gasteiger partial charge on any atom is 0.340 e. The van der Waals surface area contributed by atoms with Gasteiger partial charge >= 0.3 is 12.0 Å². The van der Waals surface area contributed by atoms with Crippen molar-refractivity contribution in [1.29, 1.82) is 0 Å². The number of carbonyl (C=O) groups is 2. The van der Waals surface area contributed by atoms with Crippen molar-refractivity contribution in [3.05, 3.63) is 23.0 Å². The van der Waals surface area contributed by atoms with Crippen LogP contribution in [0.15, 0.2) is 11.3 Å². The standard InChI is InChI=1S/C9H10N4O4/c1-4-7(14)6(8(15)16)5(2-11-4)3-12-13-9(10)17/h2-3,14H,1H3,(H,15,16)(H3,10,13,17)/b12-3+. The third kappa shape index (κ3) is 2.91. The van der Waals surface area contributed by atoms with Crippen LogP contribution in [-0.2, 0) is 0 Å². The number of nitrogens with one attached hydrogen (secondary N) is 1. The van der Waals surface area contributed by atoms with E-state index in [1.807, 2.05) is 5.43 Å². The predicted octanol–water partition coefficient (Wildman–Crippen LogP) is -0.204. The number of aromatic hydroxyl groups is 1. The van der Waals surface area contributed by atoms with Gasteiger partial charge in [0.15, 0.2) is 5.75 Å². The largest absolute Gasteiger partial charge is 0.505 e. The molecule has 17 heavy (non-hydrogen) atoms. The van der Waals surface area contributed by atoms with Gasteiger partial charge in [-0.2, -0.15) is 5.10 Å². The number of pyridine rings is 1. The fourth-order valence-electron chi connectivity index (χ4n) is 1.10. The summed E-state index contributed by atoms with van der Waals surface area (Å²) < 4.78 is 0. The Morgan fingerprint density at radius 3 is 2.76 bits per heavy atom. The number of carbonyl (C=O) groups excluding carboxylic acids is 1. The predicted molar refractivity (Wildman–Crippen MR) is 57.9 cm³/mol. The van der Waals surface area contributed by atoms with Gasteiger partial charge in [0.2, 0.25) is 0 Å². The zero-order valence-corrected chi connectivity index (χ0v) is 8.84. The van der Waals surface area contributed by atoms with Crippen molar-refractivity contribution in [1.82, 2.24) is 10.4 Å². The van der Waals surface area contributed by atoms with Crippen molar-refractivity contribution in [3.63, 3.8) is 0 Å². The molecule has 90 valence electrons. The lowest BCUT2D eigenvalue weighted by Gasteiger charge is -2.05. The molecule has 1 rings (SSSR count). The summed E-state index contributed by atoms with van der Waals surface area (Å²) in [7, 11) is 0. The smallest absolute Gasteiger partial charge is 0.340 e. The van der Waals surface area contributed by atoms with E-state index < -0.39 is 17.7 Å². The second-order valence-corrected chi connectivity index (χ2v) is 3.06. The molecule has 0 bridgehead atoms. The third-order valence-electron chi connectivity index (χ3n) is 1.86. The number of nitrogens with zero attached hydrogens (tertiary/aromatic N) is 2. The van der Waals surface area contributed by atoms with E-state index >= 15 is 0 Å². The molecular weight excluding hydrogens is 228 g/mol. The van der Waals surface area contributed by atoms with Gasteiger partial charge in [-0.1, -0.05) is 0 Å². The van der Waals surface area contributed by atoms with Gasteiger partial charge < -0.3 is 15.9 Å². The third-order valence-corrected chi connectivity index (χ3v) is 1.86. The number of hydrogen-bond acceptors (Lipinski definition) is 5. The number of hydrogen-bond donors (Lipinski definition) is 4. The number of carboxylic acid groups (broad SMARTS) is 1. The Morgan fingerprint density at radius 1 is 1.59 bits per heavy atom. The highest BCUT2D eigenvalue weighted by atomic mass is 16.4. The molecule has 0 spiro atoms. The molecule has 2 amide bonds. The molecule has 0 atom stereocenters. The van der Waals surface area contributed by atoms with E-state index in [1.54, 1.807) is 0 Å². The fourth-order valence-corrected chi connectivity index (χ4v) is 1.10. The van der Waals surface area contributed by atoms with Crippen LogP contribution < -0.4 is 11.2 Å². The Bertz CT molecular complexity index is 498. The molecule has 0 aliphatic rings. The molecule has 0 saturated heterocycles. The van der Waals surface area contributed by atoms with E-state index in [9.17, 15) is 14.7 Å². The normalized spacial score (nSPS) is 10.4. The van der Waals surface area contributed by atoms with Crippen LogP contribution in [0.4, 0.5) is 4.79 Å². The molecule has 0 saturated carbocycles. The van der Waals surface area contributed by atoms with E-state index in [0.29, 0.717) is 0 Å². The van der Waals surface area contributed by atoms with E-state index in [4.69, 9.17) is 10.8 Å². The number of aromatic carboxylic acids is 1. The second-order valence-electron chi connectivity index (χ2n) is 3.06. The molecule has 0 aliphatic carbocycles. The van der Waals surface area contributed by atoms with Crippen LogP contribution in [0.5, 0.6) is 5.75 Å². The SMILES string of the molecule is Cc1ncc(/C=N/NC(N)=O)c(C(=O)O)c1O. The highest BCUT2D eigenvalue weighted by molar-refractivity contribution is 6.00. The first-order valence-corrected chi connectivity index (χ1v) is 4.44. The Balaban J connectivity index is 3.16. The first kappa shape index (κ1) is 12.4. The van der Waals surface area contributed by atoms with Crippen molar-refractivity contribution in [2.45, 2.75) is 6.92 Å². The topological polar surface area (TPSA) is 138 Å².